The lowest BCUT2D eigenvalue weighted by Crippen LogP contribution is -2.07. The molecule has 0 atom stereocenters. The molecule has 0 amide bonds. The van der Waals surface area contributed by atoms with Gasteiger partial charge in [-0.3, -0.25) is 0 Å². The second kappa shape index (κ2) is 5.09. The number of rotatable bonds is 1. The van der Waals surface area contributed by atoms with Crippen LogP contribution in [-0.4, -0.2) is 15.7 Å². The summed E-state index contributed by atoms with van der Waals surface area (Å²) in [6.45, 7) is 0. The maximum Gasteiger partial charge on any atom is 0.416 e. The van der Waals surface area contributed by atoms with Gasteiger partial charge in [0.25, 0.3) is 0 Å². The fourth-order valence-electron chi connectivity index (χ4n) is 2.08. The molecule has 1 aliphatic heterocycles. The van der Waals surface area contributed by atoms with Crippen LogP contribution in [0.25, 0.3) is 11.4 Å². The van der Waals surface area contributed by atoms with Gasteiger partial charge in [-0.1, -0.05) is 12.1 Å². The van der Waals surface area contributed by atoms with Crippen LogP contribution >= 0.6 is 11.8 Å². The molecule has 0 bridgehead atoms. The summed E-state index contributed by atoms with van der Waals surface area (Å²) in [4.78, 5) is 8.72. The standard InChI is InChI=1S/C14H11F3N2S/c15-14(16,17)11-3-1-9(2-4-11)13-18-7-10-8-20-6-5-12(10)19-13/h1-4,7H,5-6,8H2. The summed E-state index contributed by atoms with van der Waals surface area (Å²) in [5.74, 6) is 2.42. The number of hydrogen-bond acceptors (Lipinski definition) is 3. The fraction of sp³-hybridized carbons (Fsp3) is 0.286. The van der Waals surface area contributed by atoms with Gasteiger partial charge in [-0.05, 0) is 24.3 Å². The Hall–Kier alpha value is -1.56. The van der Waals surface area contributed by atoms with Gasteiger partial charge >= 0.3 is 6.18 Å². The zero-order chi connectivity index (χ0) is 14.2. The summed E-state index contributed by atoms with van der Waals surface area (Å²) < 4.78 is 37.5. The van der Waals surface area contributed by atoms with Gasteiger partial charge < -0.3 is 0 Å². The van der Waals surface area contributed by atoms with E-state index >= 15 is 0 Å². The maximum atomic E-state index is 12.5. The predicted molar refractivity (Wildman–Crippen MR) is 72.3 cm³/mol. The van der Waals surface area contributed by atoms with Gasteiger partial charge in [0, 0.05) is 28.8 Å². The zero-order valence-electron chi connectivity index (χ0n) is 10.4. The van der Waals surface area contributed by atoms with Crippen molar-refractivity contribution in [3.8, 4) is 11.4 Å². The minimum absolute atomic E-state index is 0.490. The summed E-state index contributed by atoms with van der Waals surface area (Å²) in [6, 6.07) is 4.96. The van der Waals surface area contributed by atoms with Crippen LogP contribution in [0.1, 0.15) is 16.8 Å². The molecular formula is C14H11F3N2S. The van der Waals surface area contributed by atoms with E-state index in [2.05, 4.69) is 9.97 Å². The summed E-state index contributed by atoms with van der Waals surface area (Å²) in [5.41, 5.74) is 2.08. The van der Waals surface area contributed by atoms with E-state index in [9.17, 15) is 13.2 Å². The third-order valence-corrected chi connectivity index (χ3v) is 4.17. The molecule has 0 radical (unpaired) electrons. The number of benzene rings is 1. The topological polar surface area (TPSA) is 25.8 Å². The van der Waals surface area contributed by atoms with Crippen molar-refractivity contribution in [2.75, 3.05) is 5.75 Å². The first-order chi connectivity index (χ1) is 9.54. The molecule has 20 heavy (non-hydrogen) atoms. The third-order valence-electron chi connectivity index (χ3n) is 3.17. The number of nitrogens with zero attached hydrogens (tertiary/aromatic N) is 2. The second-order valence-electron chi connectivity index (χ2n) is 4.54. The van der Waals surface area contributed by atoms with E-state index in [1.54, 1.807) is 6.20 Å². The minimum atomic E-state index is -4.31. The van der Waals surface area contributed by atoms with Gasteiger partial charge in [-0.2, -0.15) is 24.9 Å². The highest BCUT2D eigenvalue weighted by atomic mass is 32.2. The molecule has 0 N–H and O–H groups in total. The van der Waals surface area contributed by atoms with Crippen molar-refractivity contribution < 1.29 is 13.2 Å². The van der Waals surface area contributed by atoms with Gasteiger partial charge in [0.15, 0.2) is 5.82 Å². The van der Waals surface area contributed by atoms with Crippen molar-refractivity contribution >= 4 is 11.8 Å². The molecule has 2 nitrogen and oxygen atoms in total. The molecule has 104 valence electrons. The van der Waals surface area contributed by atoms with Crippen molar-refractivity contribution in [3.05, 3.63) is 47.3 Å². The number of fused-ring (bicyclic) bond motifs is 1. The minimum Gasteiger partial charge on any atom is -0.236 e. The van der Waals surface area contributed by atoms with Crippen LogP contribution in [0.3, 0.4) is 0 Å². The monoisotopic (exact) mass is 296 g/mol. The largest absolute Gasteiger partial charge is 0.416 e. The molecule has 6 heteroatoms. The van der Waals surface area contributed by atoms with E-state index in [0.29, 0.717) is 11.4 Å². The predicted octanol–water partition coefficient (Wildman–Crippen LogP) is 3.95. The van der Waals surface area contributed by atoms with Crippen molar-refractivity contribution in [2.24, 2.45) is 0 Å². The Morgan fingerprint density at radius 2 is 1.85 bits per heavy atom. The average Bonchev–Trinajstić information content (AvgIpc) is 2.46. The molecule has 0 aliphatic carbocycles. The number of hydrogen-bond donors (Lipinski definition) is 0. The van der Waals surface area contributed by atoms with Crippen molar-refractivity contribution in [2.45, 2.75) is 18.3 Å². The highest BCUT2D eigenvalue weighted by Crippen LogP contribution is 2.31. The number of alkyl halides is 3. The van der Waals surface area contributed by atoms with Gasteiger partial charge in [0.05, 0.1) is 5.56 Å². The molecule has 0 fully saturated rings. The Morgan fingerprint density at radius 3 is 2.55 bits per heavy atom. The van der Waals surface area contributed by atoms with Gasteiger partial charge in [0.2, 0.25) is 0 Å². The van der Waals surface area contributed by atoms with Crippen molar-refractivity contribution in [1.82, 2.24) is 9.97 Å². The average molecular weight is 296 g/mol. The first kappa shape index (κ1) is 13.4. The van der Waals surface area contributed by atoms with Crippen molar-refractivity contribution in [1.29, 1.82) is 0 Å². The van der Waals surface area contributed by atoms with Gasteiger partial charge in [-0.25, -0.2) is 9.97 Å². The quantitative estimate of drug-likeness (QED) is 0.797. The molecule has 0 spiro atoms. The third kappa shape index (κ3) is 2.65. The Kier molecular flexibility index (Phi) is 3.41. The highest BCUT2D eigenvalue weighted by molar-refractivity contribution is 7.98. The highest BCUT2D eigenvalue weighted by Gasteiger charge is 2.30. The summed E-state index contributed by atoms with van der Waals surface area (Å²) >= 11 is 1.84. The fourth-order valence-corrected chi connectivity index (χ4v) is 3.02. The SMILES string of the molecule is FC(F)(F)c1ccc(-c2ncc3c(n2)CCSC3)cc1. The Bertz CT molecular complexity index is 623. The molecule has 0 saturated heterocycles. The van der Waals surface area contributed by atoms with E-state index in [-0.39, 0.29) is 0 Å². The molecule has 3 rings (SSSR count). The molecule has 1 aromatic carbocycles. The smallest absolute Gasteiger partial charge is 0.236 e. The number of thioether (sulfide) groups is 1. The van der Waals surface area contributed by atoms with Crippen LogP contribution in [0.15, 0.2) is 30.5 Å². The molecule has 1 aliphatic rings. The maximum absolute atomic E-state index is 12.5. The van der Waals surface area contributed by atoms with E-state index in [1.165, 1.54) is 12.1 Å². The summed E-state index contributed by atoms with van der Waals surface area (Å²) in [5, 5.41) is 0. The second-order valence-corrected chi connectivity index (χ2v) is 5.65. The van der Waals surface area contributed by atoms with Crippen LogP contribution in [0.4, 0.5) is 13.2 Å². The number of aromatic nitrogens is 2. The van der Waals surface area contributed by atoms with E-state index < -0.39 is 11.7 Å². The number of halogens is 3. The van der Waals surface area contributed by atoms with E-state index in [4.69, 9.17) is 0 Å². The molecule has 1 aromatic heterocycles. The first-order valence-electron chi connectivity index (χ1n) is 6.14. The van der Waals surface area contributed by atoms with Gasteiger partial charge in [0.1, 0.15) is 0 Å². The molecule has 2 aromatic rings. The zero-order valence-corrected chi connectivity index (χ0v) is 11.3. The van der Waals surface area contributed by atoms with Crippen LogP contribution in [0.5, 0.6) is 0 Å². The Morgan fingerprint density at radius 1 is 1.10 bits per heavy atom. The van der Waals surface area contributed by atoms with Crippen LogP contribution in [-0.2, 0) is 18.3 Å². The lowest BCUT2D eigenvalue weighted by atomic mass is 10.1. The number of aryl methyl sites for hydroxylation is 1. The first-order valence-corrected chi connectivity index (χ1v) is 7.30. The van der Waals surface area contributed by atoms with Crippen LogP contribution < -0.4 is 0 Å². The van der Waals surface area contributed by atoms with Crippen LogP contribution in [0.2, 0.25) is 0 Å². The Balaban J connectivity index is 1.93. The summed E-state index contributed by atoms with van der Waals surface area (Å²) in [6.07, 6.45) is -1.65. The van der Waals surface area contributed by atoms with Crippen molar-refractivity contribution in [3.63, 3.8) is 0 Å². The normalized spacial score (nSPS) is 14.9. The van der Waals surface area contributed by atoms with E-state index in [1.807, 2.05) is 11.8 Å². The molecular weight excluding hydrogens is 285 g/mol. The van der Waals surface area contributed by atoms with Crippen LogP contribution in [0, 0.1) is 0 Å². The molecule has 2 heterocycles. The Labute approximate surface area is 118 Å². The lowest BCUT2D eigenvalue weighted by Gasteiger charge is -2.14. The van der Waals surface area contributed by atoms with Gasteiger partial charge in [-0.15, -0.1) is 0 Å². The lowest BCUT2D eigenvalue weighted by molar-refractivity contribution is -0.137. The summed E-state index contributed by atoms with van der Waals surface area (Å²) in [7, 11) is 0. The van der Waals surface area contributed by atoms with E-state index in [0.717, 1.165) is 41.3 Å². The molecule has 0 saturated carbocycles. The molecule has 0 unspecified atom stereocenters.